The molecule has 0 bridgehead atoms. The van der Waals surface area contributed by atoms with E-state index in [1.807, 2.05) is 0 Å². The third-order valence-corrected chi connectivity index (χ3v) is 4.15. The summed E-state index contributed by atoms with van der Waals surface area (Å²) >= 11 is 12.1. The van der Waals surface area contributed by atoms with Crippen molar-refractivity contribution in [3.05, 3.63) is 38.7 Å². The highest BCUT2D eigenvalue weighted by Crippen LogP contribution is 2.26. The van der Waals surface area contributed by atoms with Crippen molar-refractivity contribution in [3.63, 3.8) is 0 Å². The fraction of sp³-hybridized carbons (Fsp3) is 0.385. The Morgan fingerprint density at radius 1 is 1.05 bits per heavy atom. The van der Waals surface area contributed by atoms with E-state index in [0.29, 0.717) is 13.1 Å². The Morgan fingerprint density at radius 3 is 2.32 bits per heavy atom. The van der Waals surface area contributed by atoms with Crippen LogP contribution >= 0.6 is 23.2 Å². The molecule has 0 spiro atoms. The molecular formula is C13H13Cl2N5O2. The van der Waals surface area contributed by atoms with E-state index in [-0.39, 0.29) is 15.7 Å². The van der Waals surface area contributed by atoms with Crippen LogP contribution in [0.25, 0.3) is 5.69 Å². The highest BCUT2D eigenvalue weighted by atomic mass is 35.5. The lowest BCUT2D eigenvalue weighted by Crippen LogP contribution is -2.43. The first kappa shape index (κ1) is 15.1. The molecule has 1 aliphatic rings. The normalized spacial score (nSPS) is 15.1. The minimum atomic E-state index is -0.689. The van der Waals surface area contributed by atoms with Crippen molar-refractivity contribution in [1.82, 2.24) is 24.7 Å². The van der Waals surface area contributed by atoms with Crippen LogP contribution in [-0.4, -0.2) is 43.8 Å². The molecule has 0 atom stereocenters. The predicted molar refractivity (Wildman–Crippen MR) is 81.9 cm³/mol. The Morgan fingerprint density at radius 2 is 1.68 bits per heavy atom. The van der Waals surface area contributed by atoms with Crippen molar-refractivity contribution in [2.24, 2.45) is 0 Å². The lowest BCUT2D eigenvalue weighted by atomic mass is 10.1. The van der Waals surface area contributed by atoms with Gasteiger partial charge in [0.1, 0.15) is 5.69 Å². The van der Waals surface area contributed by atoms with Gasteiger partial charge in [-0.25, -0.2) is 9.59 Å². The fourth-order valence-electron chi connectivity index (χ4n) is 2.42. The molecular weight excluding hydrogens is 329 g/mol. The molecule has 1 aromatic carbocycles. The van der Waals surface area contributed by atoms with Gasteiger partial charge in [-0.05, 0) is 41.8 Å². The first-order chi connectivity index (χ1) is 10.6. The number of nitrogens with zero attached hydrogens (tertiary/aromatic N) is 5. The van der Waals surface area contributed by atoms with Gasteiger partial charge in [-0.15, -0.1) is 4.68 Å². The number of tetrazole rings is 1. The molecule has 0 unspecified atom stereocenters. The highest BCUT2D eigenvalue weighted by molar-refractivity contribution is 6.37. The van der Waals surface area contributed by atoms with E-state index in [4.69, 9.17) is 23.2 Å². The number of halogens is 2. The summed E-state index contributed by atoms with van der Waals surface area (Å²) in [5, 5.41) is 7.90. The van der Waals surface area contributed by atoms with E-state index in [9.17, 15) is 9.59 Å². The van der Waals surface area contributed by atoms with Gasteiger partial charge in [0, 0.05) is 13.1 Å². The van der Waals surface area contributed by atoms with Crippen molar-refractivity contribution < 1.29 is 4.79 Å². The topological polar surface area (TPSA) is 73.0 Å². The lowest BCUT2D eigenvalue weighted by Gasteiger charge is -2.25. The van der Waals surface area contributed by atoms with Crippen LogP contribution in [0.5, 0.6) is 0 Å². The second kappa shape index (κ2) is 6.10. The van der Waals surface area contributed by atoms with Crippen molar-refractivity contribution in [2.75, 3.05) is 13.1 Å². The first-order valence-corrected chi connectivity index (χ1v) is 7.64. The maximum absolute atomic E-state index is 12.4. The number of piperidine rings is 1. The molecule has 7 nitrogen and oxygen atoms in total. The van der Waals surface area contributed by atoms with E-state index in [1.54, 1.807) is 23.1 Å². The minimum Gasteiger partial charge on any atom is -0.323 e. The summed E-state index contributed by atoms with van der Waals surface area (Å²) in [6.07, 6.45) is 2.93. The molecule has 22 heavy (non-hydrogen) atoms. The van der Waals surface area contributed by atoms with E-state index in [1.165, 1.54) is 0 Å². The standard InChI is InChI=1S/C13H13Cl2N5O2/c14-9-5-4-6-10(15)11(9)19-13(22)20(17-16-19)12(21)18-7-2-1-3-8-18/h4-6H,1-3,7-8H2. The summed E-state index contributed by atoms with van der Waals surface area (Å²) in [4.78, 5) is 26.3. The zero-order valence-corrected chi connectivity index (χ0v) is 13.1. The molecule has 1 aromatic heterocycles. The van der Waals surface area contributed by atoms with Crippen LogP contribution in [0.3, 0.4) is 0 Å². The number of benzene rings is 1. The second-order valence-corrected chi connectivity index (χ2v) is 5.80. The van der Waals surface area contributed by atoms with Crippen molar-refractivity contribution >= 4 is 29.2 Å². The van der Waals surface area contributed by atoms with Gasteiger partial charge in [0.15, 0.2) is 0 Å². The number of amides is 1. The van der Waals surface area contributed by atoms with E-state index >= 15 is 0 Å². The zero-order valence-electron chi connectivity index (χ0n) is 11.6. The van der Waals surface area contributed by atoms with Gasteiger partial charge in [-0.1, -0.05) is 29.3 Å². The molecule has 1 saturated heterocycles. The Hall–Kier alpha value is -1.86. The minimum absolute atomic E-state index is 0.216. The molecule has 1 aliphatic heterocycles. The van der Waals surface area contributed by atoms with Crippen molar-refractivity contribution in [2.45, 2.75) is 19.3 Å². The molecule has 1 fully saturated rings. The number of para-hydroxylation sites is 1. The number of carbonyl (C=O) groups is 1. The SMILES string of the molecule is O=C(N1CCCCC1)n1nnn(-c2c(Cl)cccc2Cl)c1=O. The van der Waals surface area contributed by atoms with Crippen LogP contribution in [0, 0.1) is 0 Å². The largest absolute Gasteiger partial charge is 0.377 e. The fourth-order valence-corrected chi connectivity index (χ4v) is 2.97. The molecule has 0 radical (unpaired) electrons. The van der Waals surface area contributed by atoms with Gasteiger partial charge in [-0.2, -0.15) is 4.68 Å². The summed E-state index contributed by atoms with van der Waals surface area (Å²) in [6, 6.07) is 4.35. The van der Waals surface area contributed by atoms with Gasteiger partial charge in [-0.3, -0.25) is 0 Å². The third-order valence-electron chi connectivity index (χ3n) is 3.54. The molecule has 0 aliphatic carbocycles. The molecule has 116 valence electrons. The van der Waals surface area contributed by atoms with Crippen LogP contribution in [0.15, 0.2) is 23.0 Å². The van der Waals surface area contributed by atoms with E-state index in [2.05, 4.69) is 10.4 Å². The molecule has 2 aromatic rings. The second-order valence-electron chi connectivity index (χ2n) is 4.99. The average molecular weight is 342 g/mol. The summed E-state index contributed by atoms with van der Waals surface area (Å²) in [7, 11) is 0. The number of aromatic nitrogens is 4. The van der Waals surface area contributed by atoms with Gasteiger partial charge < -0.3 is 4.90 Å². The first-order valence-electron chi connectivity index (χ1n) is 6.88. The quantitative estimate of drug-likeness (QED) is 0.745. The van der Waals surface area contributed by atoms with Crippen molar-refractivity contribution in [3.8, 4) is 5.69 Å². The van der Waals surface area contributed by atoms with Gasteiger partial charge >= 0.3 is 11.7 Å². The smallest absolute Gasteiger partial charge is 0.323 e. The number of hydrogen-bond acceptors (Lipinski definition) is 4. The molecule has 1 amide bonds. The van der Waals surface area contributed by atoms with Crippen molar-refractivity contribution in [1.29, 1.82) is 0 Å². The maximum atomic E-state index is 12.4. The van der Waals surface area contributed by atoms with Gasteiger partial charge in [0.25, 0.3) is 0 Å². The Labute approximate surface area is 136 Å². The number of likely N-dealkylation sites (tertiary alicyclic amines) is 1. The molecule has 9 heteroatoms. The van der Waals surface area contributed by atoms with E-state index < -0.39 is 11.7 Å². The maximum Gasteiger partial charge on any atom is 0.377 e. The van der Waals surface area contributed by atoms with Gasteiger partial charge in [0.2, 0.25) is 0 Å². The van der Waals surface area contributed by atoms with E-state index in [0.717, 1.165) is 28.6 Å². The Balaban J connectivity index is 1.99. The number of carbonyl (C=O) groups excluding carboxylic acids is 1. The average Bonchev–Trinajstić information content (AvgIpc) is 2.89. The van der Waals surface area contributed by atoms with Crippen LogP contribution in [0.1, 0.15) is 19.3 Å². The molecule has 3 rings (SSSR count). The lowest BCUT2D eigenvalue weighted by molar-refractivity contribution is 0.183. The summed E-state index contributed by atoms with van der Waals surface area (Å²) in [5.74, 6) is 0. The molecule has 0 N–H and O–H groups in total. The molecule has 0 saturated carbocycles. The predicted octanol–water partition coefficient (Wildman–Crippen LogP) is 2.19. The van der Waals surface area contributed by atoms with Crippen LogP contribution in [0.4, 0.5) is 4.79 Å². The monoisotopic (exact) mass is 341 g/mol. The summed E-state index contributed by atoms with van der Waals surface area (Å²) in [5.41, 5.74) is -0.473. The molecule has 2 heterocycles. The van der Waals surface area contributed by atoms with Crippen LogP contribution < -0.4 is 5.69 Å². The Bertz CT molecular complexity index is 744. The Kier molecular flexibility index (Phi) is 4.17. The van der Waals surface area contributed by atoms with Crippen LogP contribution in [-0.2, 0) is 0 Å². The number of rotatable bonds is 1. The third kappa shape index (κ3) is 2.62. The highest BCUT2D eigenvalue weighted by Gasteiger charge is 2.24. The summed E-state index contributed by atoms with van der Waals surface area (Å²) in [6.45, 7) is 1.23. The van der Waals surface area contributed by atoms with Gasteiger partial charge in [0.05, 0.1) is 10.0 Å². The zero-order chi connectivity index (χ0) is 15.7. The number of hydrogen-bond donors (Lipinski definition) is 0. The van der Waals surface area contributed by atoms with Crippen LogP contribution in [0.2, 0.25) is 10.0 Å². The summed E-state index contributed by atoms with van der Waals surface area (Å²) < 4.78 is 1.68.